The van der Waals surface area contributed by atoms with Crippen molar-refractivity contribution in [3.8, 4) is 0 Å². The van der Waals surface area contributed by atoms with E-state index in [1.165, 1.54) is 0 Å². The molecule has 0 spiro atoms. The van der Waals surface area contributed by atoms with E-state index >= 15 is 0 Å². The minimum absolute atomic E-state index is 0.0590. The van der Waals surface area contributed by atoms with E-state index in [1.54, 1.807) is 18.2 Å². The minimum Gasteiger partial charge on any atom is -0.372 e. The molecule has 3 aliphatic heterocycles. The van der Waals surface area contributed by atoms with Gasteiger partial charge in [-0.15, -0.1) is 0 Å². The average molecular weight is 746 g/mol. The quantitative estimate of drug-likeness (QED) is 0.169. The van der Waals surface area contributed by atoms with E-state index in [2.05, 4.69) is 36.9 Å². The molecular formula is C41H40ClN7O5. The summed E-state index contributed by atoms with van der Waals surface area (Å²) < 4.78 is 2.17. The first-order chi connectivity index (χ1) is 26.1. The molecule has 2 N–H and O–H groups in total. The first kappa shape index (κ1) is 35.4. The molecule has 4 heterocycles. The molecule has 4 aromatic rings. The standard InChI is InChI=1S/C41H40ClN7O5/c1-43-35-12-11-31(21-34(35)42)46(2)28-9-5-27(6-10-28)44-38(51)24-3-7-29(8-4-24)47-17-15-30(16-18-47)48-22-25-19-32-33(20-26(25)23-48)41(54)49(40(32)53)36-13-14-37(50)45-39(36)52/h3-4,7-8,11-12,19-23,27-28,30,36H,5-6,9-10,13-18H2,2H3,(H,44,51)(H,45,50,52). The average Bonchev–Trinajstić information content (AvgIpc) is 3.71. The molecule has 0 radical (unpaired) electrons. The summed E-state index contributed by atoms with van der Waals surface area (Å²) in [5.41, 5.74) is 3.73. The molecule has 1 unspecified atom stereocenters. The number of imide groups is 2. The van der Waals surface area contributed by atoms with Gasteiger partial charge in [-0.3, -0.25) is 34.2 Å². The highest BCUT2D eigenvalue weighted by Crippen LogP contribution is 2.35. The fraction of sp³-hybridized carbons (Fsp3) is 0.366. The van der Waals surface area contributed by atoms with Gasteiger partial charge in [0.2, 0.25) is 17.5 Å². The van der Waals surface area contributed by atoms with Crippen molar-refractivity contribution in [1.82, 2.24) is 20.1 Å². The third-order valence-corrected chi connectivity index (χ3v) is 11.9. The van der Waals surface area contributed by atoms with Gasteiger partial charge in [-0.25, -0.2) is 4.85 Å². The number of rotatable bonds is 7. The molecule has 2 saturated heterocycles. The maximum Gasteiger partial charge on any atom is 0.262 e. The van der Waals surface area contributed by atoms with Crippen LogP contribution in [0.2, 0.25) is 5.02 Å². The van der Waals surface area contributed by atoms with Gasteiger partial charge in [-0.2, -0.15) is 0 Å². The number of hydrogen-bond acceptors (Lipinski definition) is 7. The van der Waals surface area contributed by atoms with Crippen molar-refractivity contribution in [3.63, 3.8) is 0 Å². The van der Waals surface area contributed by atoms with Crippen molar-refractivity contribution in [3.05, 3.63) is 100 Å². The molecule has 13 heteroatoms. The zero-order valence-corrected chi connectivity index (χ0v) is 30.6. The Kier molecular flexibility index (Phi) is 9.36. The number of halogens is 1. The second-order valence-electron chi connectivity index (χ2n) is 14.8. The Labute approximate surface area is 317 Å². The normalized spacial score (nSPS) is 21.9. The molecule has 12 nitrogen and oxygen atoms in total. The highest BCUT2D eigenvalue weighted by atomic mass is 35.5. The molecule has 1 aromatic heterocycles. The first-order valence-corrected chi connectivity index (χ1v) is 18.9. The fourth-order valence-corrected chi connectivity index (χ4v) is 8.70. The molecular weight excluding hydrogens is 706 g/mol. The lowest BCUT2D eigenvalue weighted by molar-refractivity contribution is -0.136. The van der Waals surface area contributed by atoms with Crippen LogP contribution < -0.4 is 20.4 Å². The molecule has 4 aliphatic rings. The number of nitrogens with zero attached hydrogens (tertiary/aromatic N) is 5. The van der Waals surface area contributed by atoms with Gasteiger partial charge in [0, 0.05) is 89.8 Å². The van der Waals surface area contributed by atoms with Crippen molar-refractivity contribution in [2.24, 2.45) is 0 Å². The molecule has 3 fully saturated rings. The Morgan fingerprint density at radius 3 is 2.11 bits per heavy atom. The second kappa shape index (κ2) is 14.3. The lowest BCUT2D eigenvalue weighted by Gasteiger charge is -2.36. The Morgan fingerprint density at radius 2 is 1.52 bits per heavy atom. The van der Waals surface area contributed by atoms with E-state index in [4.69, 9.17) is 18.2 Å². The van der Waals surface area contributed by atoms with Crippen molar-refractivity contribution in [2.45, 2.75) is 75.5 Å². The summed E-state index contributed by atoms with van der Waals surface area (Å²) in [5.74, 6) is -2.08. The van der Waals surface area contributed by atoms with Crippen LogP contribution in [-0.4, -0.2) is 77.3 Å². The van der Waals surface area contributed by atoms with Gasteiger partial charge in [-0.05, 0) is 93.5 Å². The van der Waals surface area contributed by atoms with E-state index < -0.39 is 29.7 Å². The third kappa shape index (κ3) is 6.57. The molecule has 8 rings (SSSR count). The maximum atomic E-state index is 13.3. The molecule has 0 bridgehead atoms. The van der Waals surface area contributed by atoms with Crippen molar-refractivity contribution >= 4 is 69.0 Å². The van der Waals surface area contributed by atoms with Gasteiger partial charge in [0.25, 0.3) is 17.7 Å². The summed E-state index contributed by atoms with van der Waals surface area (Å²) in [6.07, 6.45) is 9.73. The van der Waals surface area contributed by atoms with Gasteiger partial charge >= 0.3 is 0 Å². The number of nitrogens with one attached hydrogen (secondary N) is 2. The van der Waals surface area contributed by atoms with Crippen molar-refractivity contribution in [2.75, 3.05) is 29.9 Å². The van der Waals surface area contributed by atoms with Crippen molar-refractivity contribution < 1.29 is 24.0 Å². The first-order valence-electron chi connectivity index (χ1n) is 18.5. The number of carbonyl (C=O) groups is 5. The molecule has 1 saturated carbocycles. The SMILES string of the molecule is [C-]#[N+]c1ccc(N(C)C2CCC(NC(=O)c3ccc(N4CCC(n5cc6cc7c(cc6c5)C(=O)N(C5CCC(=O)NC5=O)C7=O)CC4)cc3)CC2)cc1Cl. The van der Waals surface area contributed by atoms with Crippen LogP contribution in [-0.2, 0) is 9.59 Å². The van der Waals surface area contributed by atoms with Crippen LogP contribution in [0.15, 0.2) is 67.0 Å². The van der Waals surface area contributed by atoms with E-state index in [0.717, 1.165) is 78.7 Å². The summed E-state index contributed by atoms with van der Waals surface area (Å²) in [6.45, 7) is 8.90. The number of amides is 5. The zero-order chi connectivity index (χ0) is 37.7. The van der Waals surface area contributed by atoms with Crippen LogP contribution in [0.5, 0.6) is 0 Å². The predicted molar refractivity (Wildman–Crippen MR) is 205 cm³/mol. The van der Waals surface area contributed by atoms with Gasteiger partial charge in [0.15, 0.2) is 0 Å². The molecule has 1 aliphatic carbocycles. The summed E-state index contributed by atoms with van der Waals surface area (Å²) in [7, 11) is 2.06. The summed E-state index contributed by atoms with van der Waals surface area (Å²) >= 11 is 6.27. The van der Waals surface area contributed by atoms with Crippen LogP contribution in [0.1, 0.15) is 88.5 Å². The molecule has 1 atom stereocenters. The monoisotopic (exact) mass is 745 g/mol. The predicted octanol–water partition coefficient (Wildman–Crippen LogP) is 6.27. The highest BCUT2D eigenvalue weighted by Gasteiger charge is 2.45. The van der Waals surface area contributed by atoms with E-state index in [-0.39, 0.29) is 42.0 Å². The largest absolute Gasteiger partial charge is 0.372 e. The van der Waals surface area contributed by atoms with Crippen LogP contribution in [0.25, 0.3) is 15.6 Å². The van der Waals surface area contributed by atoms with Crippen molar-refractivity contribution in [1.29, 1.82) is 0 Å². The number of benzene rings is 3. The molecule has 276 valence electrons. The van der Waals surface area contributed by atoms with Crippen LogP contribution in [0.3, 0.4) is 0 Å². The lowest BCUT2D eigenvalue weighted by Crippen LogP contribution is -2.54. The fourth-order valence-electron chi connectivity index (χ4n) is 8.48. The van der Waals surface area contributed by atoms with Crippen LogP contribution in [0.4, 0.5) is 17.1 Å². The zero-order valence-electron chi connectivity index (χ0n) is 29.9. The van der Waals surface area contributed by atoms with Gasteiger partial charge in [0.1, 0.15) is 6.04 Å². The molecule has 5 amide bonds. The van der Waals surface area contributed by atoms with Gasteiger partial charge in [-0.1, -0.05) is 17.7 Å². The Bertz CT molecular complexity index is 2180. The summed E-state index contributed by atoms with van der Waals surface area (Å²) in [4.78, 5) is 72.8. The number of aromatic nitrogens is 1. The Hall–Kier alpha value is -5.67. The van der Waals surface area contributed by atoms with Gasteiger partial charge < -0.3 is 19.7 Å². The highest BCUT2D eigenvalue weighted by molar-refractivity contribution is 6.33. The minimum atomic E-state index is -0.985. The lowest BCUT2D eigenvalue weighted by atomic mass is 9.90. The third-order valence-electron chi connectivity index (χ3n) is 11.6. The molecule has 54 heavy (non-hydrogen) atoms. The number of anilines is 2. The number of fused-ring (bicyclic) bond motifs is 2. The topological polar surface area (TPSA) is 128 Å². The number of piperidine rings is 2. The number of carbonyl (C=O) groups excluding carboxylic acids is 5. The van der Waals surface area contributed by atoms with E-state index in [0.29, 0.717) is 22.3 Å². The molecule has 3 aromatic carbocycles. The second-order valence-corrected chi connectivity index (χ2v) is 15.2. The van der Waals surface area contributed by atoms with Gasteiger partial charge in [0.05, 0.1) is 17.7 Å². The van der Waals surface area contributed by atoms with E-state index in [1.807, 2.05) is 48.8 Å². The maximum absolute atomic E-state index is 13.3. The van der Waals surface area contributed by atoms with E-state index in [9.17, 15) is 24.0 Å². The Morgan fingerprint density at radius 1 is 0.870 bits per heavy atom. The Balaban J connectivity index is 0.834. The summed E-state index contributed by atoms with van der Waals surface area (Å²) in [5, 5.41) is 7.64. The van der Waals surface area contributed by atoms with Crippen LogP contribution in [0, 0.1) is 6.57 Å². The van der Waals surface area contributed by atoms with Crippen LogP contribution >= 0.6 is 11.6 Å². The smallest absolute Gasteiger partial charge is 0.262 e. The summed E-state index contributed by atoms with van der Waals surface area (Å²) in [6, 6.07) is 16.6. The number of hydrogen-bond donors (Lipinski definition) is 2.